The van der Waals surface area contributed by atoms with Crippen LogP contribution in [0.5, 0.6) is 5.75 Å². The summed E-state index contributed by atoms with van der Waals surface area (Å²) in [7, 11) is 0. The van der Waals surface area contributed by atoms with Crippen molar-refractivity contribution in [2.24, 2.45) is 5.73 Å². The predicted molar refractivity (Wildman–Crippen MR) is 96.3 cm³/mol. The molecule has 24 heavy (non-hydrogen) atoms. The maximum absolute atomic E-state index is 11.2. The Labute approximate surface area is 142 Å². The molecule has 5 heteroatoms. The van der Waals surface area contributed by atoms with Crippen molar-refractivity contribution in [1.29, 1.82) is 0 Å². The number of hydrogen-bond donors (Lipinski definition) is 2. The second-order valence-corrected chi connectivity index (χ2v) is 6.15. The van der Waals surface area contributed by atoms with Gasteiger partial charge in [-0.25, -0.2) is 0 Å². The zero-order chi connectivity index (χ0) is 16.9. The van der Waals surface area contributed by atoms with Crippen molar-refractivity contribution >= 4 is 17.3 Å². The molecule has 0 aliphatic carbocycles. The molecule has 0 unspecified atom stereocenters. The summed E-state index contributed by atoms with van der Waals surface area (Å²) in [6.45, 7) is 2.56. The molecule has 2 aromatic carbocycles. The monoisotopic (exact) mass is 325 g/mol. The van der Waals surface area contributed by atoms with Crippen LogP contribution in [0, 0.1) is 0 Å². The lowest BCUT2D eigenvalue weighted by Gasteiger charge is -2.44. The topological polar surface area (TPSA) is 69.8 Å². The van der Waals surface area contributed by atoms with Crippen LogP contribution >= 0.6 is 0 Å². The van der Waals surface area contributed by atoms with E-state index < -0.39 is 0 Å². The lowest BCUT2D eigenvalue weighted by Crippen LogP contribution is -2.53. The number of phenolic OH excluding ortho intramolecular Hbond substituents is 1. The van der Waals surface area contributed by atoms with Crippen LogP contribution in [0.2, 0.25) is 0 Å². The maximum Gasteiger partial charge on any atom is 0.217 e. The molecule has 0 radical (unpaired) electrons. The fraction of sp³-hybridized carbons (Fsp3) is 0.316. The van der Waals surface area contributed by atoms with Gasteiger partial charge in [0.1, 0.15) is 5.75 Å². The van der Waals surface area contributed by atoms with Gasteiger partial charge < -0.3 is 20.6 Å². The highest BCUT2D eigenvalue weighted by atomic mass is 16.3. The zero-order valence-corrected chi connectivity index (χ0v) is 13.6. The van der Waals surface area contributed by atoms with Crippen molar-refractivity contribution in [2.75, 3.05) is 29.4 Å². The number of aromatic hydroxyl groups is 1. The molecular weight excluding hydrogens is 302 g/mol. The molecule has 126 valence electrons. The van der Waals surface area contributed by atoms with Crippen LogP contribution in [-0.2, 0) is 4.79 Å². The Hall–Kier alpha value is -2.69. The van der Waals surface area contributed by atoms with Gasteiger partial charge in [-0.1, -0.05) is 24.3 Å². The van der Waals surface area contributed by atoms with Crippen LogP contribution in [-0.4, -0.2) is 36.7 Å². The summed E-state index contributed by atoms with van der Waals surface area (Å²) >= 11 is 0. The first kappa shape index (κ1) is 16.2. The van der Waals surface area contributed by atoms with Gasteiger partial charge in [-0.15, -0.1) is 0 Å². The number of amides is 1. The van der Waals surface area contributed by atoms with Crippen LogP contribution in [0.3, 0.4) is 0 Å². The predicted octanol–water partition coefficient (Wildman–Crippen LogP) is 2.35. The van der Waals surface area contributed by atoms with E-state index in [1.807, 2.05) is 30.3 Å². The third-order valence-electron chi connectivity index (χ3n) is 4.49. The van der Waals surface area contributed by atoms with Crippen LogP contribution in [0.1, 0.15) is 12.8 Å². The minimum Gasteiger partial charge on any atom is -0.508 e. The summed E-state index contributed by atoms with van der Waals surface area (Å²) in [5.41, 5.74) is 7.53. The van der Waals surface area contributed by atoms with Crippen molar-refractivity contribution in [2.45, 2.75) is 18.9 Å². The first-order valence-electron chi connectivity index (χ1n) is 8.27. The van der Waals surface area contributed by atoms with E-state index in [9.17, 15) is 9.90 Å². The molecule has 0 spiro atoms. The van der Waals surface area contributed by atoms with Crippen molar-refractivity contribution < 1.29 is 9.90 Å². The number of nitrogens with two attached hydrogens (primary N) is 1. The summed E-state index contributed by atoms with van der Waals surface area (Å²) in [5.74, 6) is -0.0191. The highest BCUT2D eigenvalue weighted by Gasteiger charge is 2.27. The Morgan fingerprint density at radius 2 is 1.83 bits per heavy atom. The van der Waals surface area contributed by atoms with Gasteiger partial charge in [-0.05, 0) is 30.7 Å². The number of piperazine rings is 1. The average molecular weight is 325 g/mol. The van der Waals surface area contributed by atoms with E-state index in [-0.39, 0.29) is 17.7 Å². The second kappa shape index (κ2) is 7.25. The number of primary amides is 1. The Morgan fingerprint density at radius 1 is 1.08 bits per heavy atom. The van der Waals surface area contributed by atoms with Gasteiger partial charge in [0.15, 0.2) is 0 Å². The first-order chi connectivity index (χ1) is 11.6. The number of hydrogen-bond acceptors (Lipinski definition) is 4. The summed E-state index contributed by atoms with van der Waals surface area (Å²) in [4.78, 5) is 15.8. The summed E-state index contributed by atoms with van der Waals surface area (Å²) in [5, 5.41) is 9.77. The van der Waals surface area contributed by atoms with E-state index in [0.717, 1.165) is 25.3 Å². The second-order valence-electron chi connectivity index (χ2n) is 6.15. The number of benzene rings is 2. The molecule has 1 aliphatic heterocycles. The Bertz CT molecular complexity index is 690. The third kappa shape index (κ3) is 3.79. The SMILES string of the molecule is NC(=O)CC[C@H]1CN(c2ccccc2)CCN1c1cccc(O)c1. The molecule has 1 fully saturated rings. The molecular formula is C19H23N3O2. The molecule has 1 aliphatic rings. The highest BCUT2D eigenvalue weighted by Crippen LogP contribution is 2.28. The number of anilines is 2. The lowest BCUT2D eigenvalue weighted by atomic mass is 10.0. The minimum atomic E-state index is -0.275. The lowest BCUT2D eigenvalue weighted by molar-refractivity contribution is -0.118. The van der Waals surface area contributed by atoms with Gasteiger partial charge in [0.25, 0.3) is 0 Å². The van der Waals surface area contributed by atoms with E-state index in [1.54, 1.807) is 12.1 Å². The quantitative estimate of drug-likeness (QED) is 0.885. The van der Waals surface area contributed by atoms with Crippen LogP contribution < -0.4 is 15.5 Å². The molecule has 1 heterocycles. The molecule has 1 atom stereocenters. The van der Waals surface area contributed by atoms with Crippen molar-refractivity contribution in [1.82, 2.24) is 0 Å². The van der Waals surface area contributed by atoms with E-state index in [2.05, 4.69) is 21.9 Å². The van der Waals surface area contributed by atoms with E-state index in [4.69, 9.17) is 5.73 Å². The van der Waals surface area contributed by atoms with Crippen molar-refractivity contribution in [3.8, 4) is 5.75 Å². The number of para-hydroxylation sites is 1. The van der Waals surface area contributed by atoms with Crippen molar-refractivity contribution in [3.05, 3.63) is 54.6 Å². The fourth-order valence-corrected chi connectivity index (χ4v) is 3.30. The van der Waals surface area contributed by atoms with E-state index in [0.29, 0.717) is 12.8 Å². The largest absolute Gasteiger partial charge is 0.508 e. The molecule has 1 amide bonds. The molecule has 0 saturated carbocycles. The molecule has 1 saturated heterocycles. The molecule has 3 rings (SSSR count). The van der Waals surface area contributed by atoms with Gasteiger partial charge in [0.05, 0.1) is 0 Å². The molecule has 2 aromatic rings. The molecule has 3 N–H and O–H groups in total. The van der Waals surface area contributed by atoms with Gasteiger partial charge in [0.2, 0.25) is 5.91 Å². The smallest absolute Gasteiger partial charge is 0.217 e. The Morgan fingerprint density at radius 3 is 2.54 bits per heavy atom. The molecule has 0 aromatic heterocycles. The van der Waals surface area contributed by atoms with Gasteiger partial charge >= 0.3 is 0 Å². The fourth-order valence-electron chi connectivity index (χ4n) is 3.30. The number of carbonyl (C=O) groups excluding carboxylic acids is 1. The molecule has 5 nitrogen and oxygen atoms in total. The summed E-state index contributed by atoms with van der Waals surface area (Å²) in [6.07, 6.45) is 1.07. The number of carbonyl (C=O) groups is 1. The van der Waals surface area contributed by atoms with Gasteiger partial charge in [0, 0.05) is 49.5 Å². The Balaban J connectivity index is 1.80. The Kier molecular flexibility index (Phi) is 4.89. The number of nitrogens with zero attached hydrogens (tertiary/aromatic N) is 2. The van der Waals surface area contributed by atoms with Gasteiger partial charge in [-0.2, -0.15) is 0 Å². The van der Waals surface area contributed by atoms with E-state index in [1.165, 1.54) is 5.69 Å². The van der Waals surface area contributed by atoms with Crippen molar-refractivity contribution in [3.63, 3.8) is 0 Å². The number of phenols is 1. The maximum atomic E-state index is 11.2. The van der Waals surface area contributed by atoms with Crippen LogP contribution in [0.4, 0.5) is 11.4 Å². The number of rotatable bonds is 5. The average Bonchev–Trinajstić information content (AvgIpc) is 2.60. The van der Waals surface area contributed by atoms with Crippen LogP contribution in [0.15, 0.2) is 54.6 Å². The zero-order valence-electron chi connectivity index (χ0n) is 13.6. The van der Waals surface area contributed by atoms with Crippen LogP contribution in [0.25, 0.3) is 0 Å². The standard InChI is InChI=1S/C19H23N3O2/c20-19(24)10-9-17-14-21(15-5-2-1-3-6-15)11-12-22(17)16-7-4-8-18(23)13-16/h1-8,13,17,23H,9-12,14H2,(H2,20,24)/t17-/m0/s1. The minimum absolute atomic E-state index is 0.174. The summed E-state index contributed by atoms with van der Waals surface area (Å²) in [6, 6.07) is 17.8. The van der Waals surface area contributed by atoms with E-state index >= 15 is 0 Å². The highest BCUT2D eigenvalue weighted by molar-refractivity contribution is 5.73. The summed E-state index contributed by atoms with van der Waals surface area (Å²) < 4.78 is 0. The van der Waals surface area contributed by atoms with Gasteiger partial charge in [-0.3, -0.25) is 4.79 Å². The third-order valence-corrected chi connectivity index (χ3v) is 4.49. The normalized spacial score (nSPS) is 17.8. The molecule has 0 bridgehead atoms. The first-order valence-corrected chi connectivity index (χ1v) is 8.27.